The molecule has 0 aliphatic rings. The lowest BCUT2D eigenvalue weighted by molar-refractivity contribution is 0.550. The van der Waals surface area contributed by atoms with Gasteiger partial charge in [0.1, 0.15) is 11.4 Å². The maximum Gasteiger partial charge on any atom is 0.134 e. The van der Waals surface area contributed by atoms with Gasteiger partial charge in [-0.3, -0.25) is 5.84 Å². The first-order valence-corrected chi connectivity index (χ1v) is 6.39. The molecule has 0 bridgehead atoms. The Labute approximate surface area is 116 Å². The normalized spacial score (nSPS) is 12.8. The predicted octanol–water partition coefficient (Wildman–Crippen LogP) is 3.43. The number of nitrogens with one attached hydrogen (secondary N) is 1. The number of nitrogens with two attached hydrogens (primary N) is 1. The number of furan rings is 1. The van der Waals surface area contributed by atoms with E-state index in [0.29, 0.717) is 5.56 Å². The Kier molecular flexibility index (Phi) is 3.26. The van der Waals surface area contributed by atoms with Gasteiger partial charge >= 0.3 is 0 Å². The zero-order chi connectivity index (χ0) is 14.1. The molecule has 102 valence electrons. The maximum atomic E-state index is 14.1. The van der Waals surface area contributed by atoms with Gasteiger partial charge in [-0.1, -0.05) is 35.9 Å². The summed E-state index contributed by atoms with van der Waals surface area (Å²) in [7, 11) is 0. The third-order valence-electron chi connectivity index (χ3n) is 3.45. The topological polar surface area (TPSA) is 51.2 Å². The van der Waals surface area contributed by atoms with Crippen molar-refractivity contribution in [2.24, 2.45) is 5.84 Å². The van der Waals surface area contributed by atoms with Crippen LogP contribution in [0.5, 0.6) is 0 Å². The lowest BCUT2D eigenvalue weighted by Crippen LogP contribution is -2.29. The molecular formula is C16H15FN2O. The molecule has 3 nitrogen and oxygen atoms in total. The van der Waals surface area contributed by atoms with E-state index in [0.717, 1.165) is 22.1 Å². The average Bonchev–Trinajstić information content (AvgIpc) is 2.88. The fourth-order valence-electron chi connectivity index (χ4n) is 2.45. The zero-order valence-electron chi connectivity index (χ0n) is 11.1. The molecule has 0 saturated heterocycles. The number of fused-ring (bicyclic) bond motifs is 1. The van der Waals surface area contributed by atoms with E-state index in [2.05, 4.69) is 5.43 Å². The second kappa shape index (κ2) is 5.07. The zero-order valence-corrected chi connectivity index (χ0v) is 11.1. The van der Waals surface area contributed by atoms with Crippen molar-refractivity contribution in [3.8, 4) is 0 Å². The van der Waals surface area contributed by atoms with Crippen LogP contribution in [-0.4, -0.2) is 0 Å². The van der Waals surface area contributed by atoms with Gasteiger partial charge in [0.2, 0.25) is 0 Å². The third-order valence-corrected chi connectivity index (χ3v) is 3.45. The highest BCUT2D eigenvalue weighted by Gasteiger charge is 2.20. The number of para-hydroxylation sites is 1. The summed E-state index contributed by atoms with van der Waals surface area (Å²) in [4.78, 5) is 0. The van der Waals surface area contributed by atoms with Crippen LogP contribution in [0.25, 0.3) is 11.0 Å². The standard InChI is InChI=1S/C16H15FN2O/c1-10-6-7-14(17)12(8-10)16(19-18)13-9-20-15-5-3-2-4-11(13)15/h2-9,16,19H,18H2,1H3. The van der Waals surface area contributed by atoms with Gasteiger partial charge in [0.15, 0.2) is 0 Å². The second-order valence-electron chi connectivity index (χ2n) is 4.81. The minimum atomic E-state index is -0.446. The summed E-state index contributed by atoms with van der Waals surface area (Å²) in [6.07, 6.45) is 1.62. The molecule has 0 aliphatic heterocycles. The quantitative estimate of drug-likeness (QED) is 0.566. The van der Waals surface area contributed by atoms with Crippen molar-refractivity contribution < 1.29 is 8.81 Å². The largest absolute Gasteiger partial charge is 0.464 e. The Hall–Kier alpha value is -2.17. The van der Waals surface area contributed by atoms with Crippen molar-refractivity contribution in [2.75, 3.05) is 0 Å². The summed E-state index contributed by atoms with van der Waals surface area (Å²) >= 11 is 0. The molecule has 0 amide bonds. The van der Waals surface area contributed by atoms with Crippen LogP contribution in [0, 0.1) is 12.7 Å². The number of halogens is 1. The van der Waals surface area contributed by atoms with Crippen molar-refractivity contribution in [2.45, 2.75) is 13.0 Å². The van der Waals surface area contributed by atoms with Crippen LogP contribution in [-0.2, 0) is 0 Å². The van der Waals surface area contributed by atoms with Gasteiger partial charge in [0.25, 0.3) is 0 Å². The minimum absolute atomic E-state index is 0.288. The molecule has 1 atom stereocenters. The highest BCUT2D eigenvalue weighted by molar-refractivity contribution is 5.81. The first-order chi connectivity index (χ1) is 9.70. The van der Waals surface area contributed by atoms with E-state index in [1.54, 1.807) is 18.4 Å². The fourth-order valence-corrected chi connectivity index (χ4v) is 2.45. The second-order valence-corrected chi connectivity index (χ2v) is 4.81. The number of benzene rings is 2. The van der Waals surface area contributed by atoms with Gasteiger partial charge in [-0.05, 0) is 19.1 Å². The van der Waals surface area contributed by atoms with Crippen LogP contribution in [0.1, 0.15) is 22.7 Å². The van der Waals surface area contributed by atoms with Crippen LogP contribution in [0.3, 0.4) is 0 Å². The van der Waals surface area contributed by atoms with Gasteiger partial charge in [0, 0.05) is 16.5 Å². The summed E-state index contributed by atoms with van der Waals surface area (Å²) < 4.78 is 19.6. The Morgan fingerprint density at radius 2 is 1.95 bits per heavy atom. The SMILES string of the molecule is Cc1ccc(F)c(C(NN)c2coc3ccccc23)c1. The highest BCUT2D eigenvalue weighted by Crippen LogP contribution is 2.31. The van der Waals surface area contributed by atoms with E-state index in [1.165, 1.54) is 6.07 Å². The summed E-state index contributed by atoms with van der Waals surface area (Å²) in [6, 6.07) is 12.2. The van der Waals surface area contributed by atoms with Crippen LogP contribution in [0.4, 0.5) is 4.39 Å². The van der Waals surface area contributed by atoms with Crippen molar-refractivity contribution in [3.63, 3.8) is 0 Å². The molecule has 1 unspecified atom stereocenters. The van der Waals surface area contributed by atoms with E-state index >= 15 is 0 Å². The molecule has 0 radical (unpaired) electrons. The number of aryl methyl sites for hydroxylation is 1. The summed E-state index contributed by atoms with van der Waals surface area (Å²) in [5.41, 5.74) is 5.76. The molecule has 20 heavy (non-hydrogen) atoms. The summed E-state index contributed by atoms with van der Waals surface area (Å²) in [5, 5.41) is 0.927. The molecule has 0 fully saturated rings. The molecule has 3 aromatic rings. The molecular weight excluding hydrogens is 255 g/mol. The Bertz CT molecular complexity index is 751. The molecule has 0 spiro atoms. The Balaban J connectivity index is 2.16. The smallest absolute Gasteiger partial charge is 0.134 e. The summed E-state index contributed by atoms with van der Waals surface area (Å²) in [6.45, 7) is 1.92. The van der Waals surface area contributed by atoms with Gasteiger partial charge in [-0.25, -0.2) is 9.82 Å². The molecule has 0 saturated carbocycles. The fraction of sp³-hybridized carbons (Fsp3) is 0.125. The summed E-state index contributed by atoms with van der Waals surface area (Å²) in [5.74, 6) is 5.36. The van der Waals surface area contributed by atoms with Crippen LogP contribution >= 0.6 is 0 Å². The van der Waals surface area contributed by atoms with Crippen molar-refractivity contribution in [1.29, 1.82) is 0 Å². The first-order valence-electron chi connectivity index (χ1n) is 6.39. The number of hydrogen-bond acceptors (Lipinski definition) is 3. The first kappa shape index (κ1) is 12.8. The van der Waals surface area contributed by atoms with Crippen molar-refractivity contribution in [3.05, 3.63) is 71.2 Å². The highest BCUT2D eigenvalue weighted by atomic mass is 19.1. The van der Waals surface area contributed by atoms with Crippen LogP contribution in [0.15, 0.2) is 53.1 Å². The van der Waals surface area contributed by atoms with Crippen molar-refractivity contribution >= 4 is 11.0 Å². The van der Waals surface area contributed by atoms with Crippen molar-refractivity contribution in [1.82, 2.24) is 5.43 Å². The molecule has 3 rings (SSSR count). The maximum absolute atomic E-state index is 14.1. The number of hydrogen-bond donors (Lipinski definition) is 2. The van der Waals surface area contributed by atoms with E-state index < -0.39 is 6.04 Å². The average molecular weight is 270 g/mol. The number of hydrazine groups is 1. The van der Waals surface area contributed by atoms with Gasteiger partial charge in [0.05, 0.1) is 12.3 Å². The lowest BCUT2D eigenvalue weighted by atomic mass is 9.97. The Morgan fingerprint density at radius 3 is 2.75 bits per heavy atom. The molecule has 3 N–H and O–H groups in total. The lowest BCUT2D eigenvalue weighted by Gasteiger charge is -2.16. The van der Waals surface area contributed by atoms with Crippen LogP contribution in [0.2, 0.25) is 0 Å². The van der Waals surface area contributed by atoms with E-state index in [4.69, 9.17) is 10.3 Å². The molecule has 2 aromatic carbocycles. The molecule has 1 heterocycles. The van der Waals surface area contributed by atoms with Gasteiger partial charge in [-0.2, -0.15) is 0 Å². The van der Waals surface area contributed by atoms with E-state index in [1.807, 2.05) is 31.2 Å². The molecule has 1 aromatic heterocycles. The monoisotopic (exact) mass is 270 g/mol. The van der Waals surface area contributed by atoms with Gasteiger partial charge < -0.3 is 4.42 Å². The third kappa shape index (κ3) is 2.09. The molecule has 0 aliphatic carbocycles. The minimum Gasteiger partial charge on any atom is -0.464 e. The van der Waals surface area contributed by atoms with Crippen LogP contribution < -0.4 is 11.3 Å². The number of rotatable bonds is 3. The van der Waals surface area contributed by atoms with Gasteiger partial charge in [-0.15, -0.1) is 0 Å². The predicted molar refractivity (Wildman–Crippen MR) is 76.5 cm³/mol. The Morgan fingerprint density at radius 1 is 1.15 bits per heavy atom. The van der Waals surface area contributed by atoms with E-state index in [9.17, 15) is 4.39 Å². The van der Waals surface area contributed by atoms with E-state index in [-0.39, 0.29) is 5.82 Å². The molecule has 4 heteroatoms.